The number of nitrogens with zero attached hydrogens (tertiary/aromatic N) is 1. The Balaban J connectivity index is 1.83. The van der Waals surface area contributed by atoms with Gasteiger partial charge in [0, 0.05) is 36.7 Å². The zero-order valence-corrected chi connectivity index (χ0v) is 15.3. The summed E-state index contributed by atoms with van der Waals surface area (Å²) in [5.41, 5.74) is 0.944. The van der Waals surface area contributed by atoms with E-state index in [-0.39, 0.29) is 17.7 Å². The van der Waals surface area contributed by atoms with Gasteiger partial charge in [-0.1, -0.05) is 23.7 Å². The molecule has 0 aliphatic carbocycles. The molecule has 0 saturated carbocycles. The van der Waals surface area contributed by atoms with Crippen LogP contribution in [0.25, 0.3) is 0 Å². The summed E-state index contributed by atoms with van der Waals surface area (Å²) >= 11 is 5.95. The number of hydrogen-bond acceptors (Lipinski definition) is 4. The monoisotopic (exact) mass is 340 g/mol. The van der Waals surface area contributed by atoms with Crippen molar-refractivity contribution in [1.82, 2.24) is 10.2 Å². The van der Waals surface area contributed by atoms with Crippen LogP contribution < -0.4 is 5.32 Å². The minimum Gasteiger partial charge on any atom is -0.390 e. The molecule has 0 bridgehead atoms. The molecule has 1 saturated heterocycles. The molecule has 1 aromatic carbocycles. The van der Waals surface area contributed by atoms with Crippen LogP contribution in [0.2, 0.25) is 5.02 Å². The molecule has 5 heteroatoms. The Morgan fingerprint density at radius 2 is 1.83 bits per heavy atom. The molecule has 0 spiro atoms. The van der Waals surface area contributed by atoms with Crippen molar-refractivity contribution in [3.63, 3.8) is 0 Å². The summed E-state index contributed by atoms with van der Waals surface area (Å²) in [5, 5.41) is 14.6. The normalized spacial score (nSPS) is 24.6. The summed E-state index contributed by atoms with van der Waals surface area (Å²) in [6.07, 6.45) is 0.0490. The van der Waals surface area contributed by atoms with Crippen molar-refractivity contribution in [2.75, 3.05) is 26.2 Å². The molecular formula is C18H29ClN2O2. The van der Waals surface area contributed by atoms with Crippen LogP contribution in [-0.4, -0.2) is 54.5 Å². The number of benzene rings is 1. The van der Waals surface area contributed by atoms with Crippen LogP contribution in [0.3, 0.4) is 0 Å². The van der Waals surface area contributed by atoms with Crippen molar-refractivity contribution in [3.05, 3.63) is 34.9 Å². The van der Waals surface area contributed by atoms with Gasteiger partial charge >= 0.3 is 0 Å². The highest BCUT2D eigenvalue weighted by molar-refractivity contribution is 6.30. The van der Waals surface area contributed by atoms with Crippen LogP contribution in [0.15, 0.2) is 24.3 Å². The molecule has 4 nitrogen and oxygen atoms in total. The van der Waals surface area contributed by atoms with E-state index < -0.39 is 6.10 Å². The smallest absolute Gasteiger partial charge is 0.0791 e. The second-order valence-corrected chi connectivity index (χ2v) is 7.58. The van der Waals surface area contributed by atoms with Crippen molar-refractivity contribution in [2.24, 2.45) is 0 Å². The molecule has 0 amide bonds. The van der Waals surface area contributed by atoms with Gasteiger partial charge in [0.05, 0.1) is 18.3 Å². The van der Waals surface area contributed by atoms with Crippen molar-refractivity contribution in [2.45, 2.75) is 51.5 Å². The van der Waals surface area contributed by atoms with Gasteiger partial charge in [0.2, 0.25) is 0 Å². The fraction of sp³-hybridized carbons (Fsp3) is 0.667. The largest absolute Gasteiger partial charge is 0.390 e. The fourth-order valence-electron chi connectivity index (χ4n) is 3.14. The van der Waals surface area contributed by atoms with Gasteiger partial charge in [-0.3, -0.25) is 4.90 Å². The molecule has 3 atom stereocenters. The lowest BCUT2D eigenvalue weighted by Crippen LogP contribution is -2.50. The van der Waals surface area contributed by atoms with E-state index >= 15 is 0 Å². The fourth-order valence-corrected chi connectivity index (χ4v) is 3.26. The van der Waals surface area contributed by atoms with E-state index in [0.29, 0.717) is 13.1 Å². The standard InChI is InChI=1S/C18H29ClN2O2/c1-13-10-21(11-14(2)23-13)12-17(22)9-20-18(3,4)15-5-7-16(19)8-6-15/h5-8,13-14,17,20,22H,9-12H2,1-4H3. The first-order chi connectivity index (χ1) is 10.8. The van der Waals surface area contributed by atoms with Gasteiger partial charge < -0.3 is 15.2 Å². The summed E-state index contributed by atoms with van der Waals surface area (Å²) in [7, 11) is 0. The highest BCUT2D eigenvalue weighted by Crippen LogP contribution is 2.22. The first-order valence-electron chi connectivity index (χ1n) is 8.33. The van der Waals surface area contributed by atoms with Crippen LogP contribution in [-0.2, 0) is 10.3 Å². The summed E-state index contributed by atoms with van der Waals surface area (Å²) in [5.74, 6) is 0. The molecule has 3 unspecified atom stereocenters. The highest BCUT2D eigenvalue weighted by Gasteiger charge is 2.25. The zero-order chi connectivity index (χ0) is 17.0. The molecular weight excluding hydrogens is 312 g/mol. The number of hydrogen-bond donors (Lipinski definition) is 2. The number of aliphatic hydroxyl groups excluding tert-OH is 1. The first kappa shape index (κ1) is 18.7. The Bertz CT molecular complexity index is 482. The SMILES string of the molecule is CC1CN(CC(O)CNC(C)(C)c2ccc(Cl)cc2)CC(C)O1. The Kier molecular flexibility index (Phi) is 6.46. The van der Waals surface area contributed by atoms with Crippen LogP contribution in [0.1, 0.15) is 33.3 Å². The van der Waals surface area contributed by atoms with E-state index in [9.17, 15) is 5.11 Å². The van der Waals surface area contributed by atoms with Gasteiger partial charge in [-0.15, -0.1) is 0 Å². The number of ether oxygens (including phenoxy) is 1. The average molecular weight is 341 g/mol. The van der Waals surface area contributed by atoms with Gasteiger partial charge in [0.25, 0.3) is 0 Å². The Hall–Kier alpha value is -0.650. The van der Waals surface area contributed by atoms with Crippen molar-refractivity contribution >= 4 is 11.6 Å². The molecule has 1 aliphatic rings. The topological polar surface area (TPSA) is 44.7 Å². The minimum atomic E-state index is -0.404. The summed E-state index contributed by atoms with van der Waals surface area (Å²) in [6, 6.07) is 7.83. The third kappa shape index (κ3) is 5.73. The van der Waals surface area contributed by atoms with Gasteiger partial charge in [0.1, 0.15) is 0 Å². The highest BCUT2D eigenvalue weighted by atomic mass is 35.5. The van der Waals surface area contributed by atoms with Gasteiger partial charge in [0.15, 0.2) is 0 Å². The lowest BCUT2D eigenvalue weighted by Gasteiger charge is -2.37. The third-order valence-electron chi connectivity index (χ3n) is 4.31. The van der Waals surface area contributed by atoms with Crippen LogP contribution >= 0.6 is 11.6 Å². The van der Waals surface area contributed by atoms with Crippen LogP contribution in [0.4, 0.5) is 0 Å². The zero-order valence-electron chi connectivity index (χ0n) is 14.6. The number of aliphatic hydroxyl groups is 1. The van der Waals surface area contributed by atoms with Gasteiger partial charge in [-0.05, 0) is 45.4 Å². The lowest BCUT2D eigenvalue weighted by atomic mass is 9.94. The summed E-state index contributed by atoms with van der Waals surface area (Å²) in [4.78, 5) is 2.28. The third-order valence-corrected chi connectivity index (χ3v) is 4.56. The molecule has 1 aliphatic heterocycles. The molecule has 130 valence electrons. The number of rotatable bonds is 6. The Labute approximate surface area is 144 Å². The second-order valence-electron chi connectivity index (χ2n) is 7.14. The first-order valence-corrected chi connectivity index (χ1v) is 8.71. The average Bonchev–Trinajstić information content (AvgIpc) is 2.44. The maximum Gasteiger partial charge on any atom is 0.0791 e. The quantitative estimate of drug-likeness (QED) is 0.835. The van der Waals surface area contributed by atoms with Crippen molar-refractivity contribution < 1.29 is 9.84 Å². The van der Waals surface area contributed by atoms with E-state index in [1.54, 1.807) is 0 Å². The molecule has 23 heavy (non-hydrogen) atoms. The van der Waals surface area contributed by atoms with Gasteiger partial charge in [-0.2, -0.15) is 0 Å². The van der Waals surface area contributed by atoms with Crippen LogP contribution in [0, 0.1) is 0 Å². The van der Waals surface area contributed by atoms with Crippen LogP contribution in [0.5, 0.6) is 0 Å². The molecule has 0 radical (unpaired) electrons. The molecule has 2 N–H and O–H groups in total. The molecule has 2 rings (SSSR count). The Morgan fingerprint density at radius 3 is 2.39 bits per heavy atom. The predicted octanol–water partition coefficient (Wildman–Crippen LogP) is 2.63. The van der Waals surface area contributed by atoms with E-state index in [2.05, 4.69) is 37.9 Å². The second kappa shape index (κ2) is 7.95. The van der Waals surface area contributed by atoms with Crippen molar-refractivity contribution in [1.29, 1.82) is 0 Å². The minimum absolute atomic E-state index is 0.211. The molecule has 1 heterocycles. The number of halogens is 1. The predicted molar refractivity (Wildman–Crippen MR) is 94.9 cm³/mol. The van der Waals surface area contributed by atoms with E-state index in [4.69, 9.17) is 16.3 Å². The Morgan fingerprint density at radius 1 is 1.26 bits per heavy atom. The maximum atomic E-state index is 10.4. The summed E-state index contributed by atoms with van der Waals surface area (Å²) < 4.78 is 5.73. The van der Waals surface area contributed by atoms with E-state index in [1.807, 2.05) is 24.3 Å². The number of morpholine rings is 1. The molecule has 1 aromatic rings. The van der Waals surface area contributed by atoms with E-state index in [1.165, 1.54) is 0 Å². The number of β-amino-alcohol motifs (C(OH)–C–C–N with tert-alkyl or cyclic N) is 1. The number of nitrogens with one attached hydrogen (secondary N) is 1. The van der Waals surface area contributed by atoms with Gasteiger partial charge in [-0.25, -0.2) is 0 Å². The molecule has 0 aromatic heterocycles. The van der Waals surface area contributed by atoms with Crippen molar-refractivity contribution in [3.8, 4) is 0 Å². The maximum absolute atomic E-state index is 10.4. The summed E-state index contributed by atoms with van der Waals surface area (Å²) in [6.45, 7) is 11.4. The lowest BCUT2D eigenvalue weighted by molar-refractivity contribution is -0.0764. The molecule has 1 fully saturated rings. The van der Waals surface area contributed by atoms with E-state index in [0.717, 1.165) is 23.7 Å².